The second-order valence-electron chi connectivity index (χ2n) is 9.71. The standard InChI is InChI=1S/C27H35N3O9S3/c1-17(2)26-24(29-18(3)40-26)19-12-14-20(15-13-19)36-16-7-6-11-23(31)37-30-27(28)21-9-8-10-22(38-41(4,32)33)25(21)39-42(5,34)35/h8-10,12-15,17,23,31H,6-7,11,16H2,1-5H3,(H2,28,30). The molecule has 3 aromatic rings. The number of thiazole rings is 1. The predicted octanol–water partition coefficient (Wildman–Crippen LogP) is 4.12. The van der Waals surface area contributed by atoms with Gasteiger partial charge < -0.3 is 28.8 Å². The summed E-state index contributed by atoms with van der Waals surface area (Å²) in [5.41, 5.74) is 7.85. The van der Waals surface area contributed by atoms with Gasteiger partial charge in [0.2, 0.25) is 6.29 Å². The number of aliphatic hydroxyl groups is 1. The van der Waals surface area contributed by atoms with Gasteiger partial charge >= 0.3 is 20.2 Å². The number of hydrogen-bond donors (Lipinski definition) is 2. The highest BCUT2D eigenvalue weighted by atomic mass is 32.2. The number of aromatic nitrogens is 1. The van der Waals surface area contributed by atoms with E-state index in [2.05, 4.69) is 24.0 Å². The molecule has 12 nitrogen and oxygen atoms in total. The van der Waals surface area contributed by atoms with E-state index < -0.39 is 38.0 Å². The Morgan fingerprint density at radius 3 is 2.31 bits per heavy atom. The van der Waals surface area contributed by atoms with Crippen molar-refractivity contribution < 1.29 is 39.9 Å². The molecule has 0 aliphatic rings. The third kappa shape index (κ3) is 10.2. The van der Waals surface area contributed by atoms with Crippen LogP contribution in [0.5, 0.6) is 17.2 Å². The fourth-order valence-electron chi connectivity index (χ4n) is 3.76. The number of ether oxygens (including phenoxy) is 1. The molecule has 3 rings (SSSR count). The van der Waals surface area contributed by atoms with Crippen LogP contribution in [0.25, 0.3) is 11.3 Å². The van der Waals surface area contributed by atoms with Gasteiger partial charge in [-0.2, -0.15) is 16.8 Å². The maximum Gasteiger partial charge on any atom is 0.306 e. The molecule has 42 heavy (non-hydrogen) atoms. The molecule has 0 saturated heterocycles. The van der Waals surface area contributed by atoms with Gasteiger partial charge in [0.15, 0.2) is 17.3 Å². The van der Waals surface area contributed by atoms with E-state index in [-0.39, 0.29) is 17.8 Å². The van der Waals surface area contributed by atoms with Crippen molar-refractivity contribution in [3.63, 3.8) is 0 Å². The molecule has 1 atom stereocenters. The lowest BCUT2D eigenvalue weighted by molar-refractivity contribution is -0.103. The average molecular weight is 642 g/mol. The Kier molecular flexibility index (Phi) is 11.2. The first-order chi connectivity index (χ1) is 19.6. The molecule has 0 spiro atoms. The van der Waals surface area contributed by atoms with Crippen LogP contribution in [-0.2, 0) is 25.1 Å². The lowest BCUT2D eigenvalue weighted by Crippen LogP contribution is -2.20. The highest BCUT2D eigenvalue weighted by Gasteiger charge is 2.22. The monoisotopic (exact) mass is 641 g/mol. The summed E-state index contributed by atoms with van der Waals surface area (Å²) in [6, 6.07) is 11.7. The Labute approximate surface area is 250 Å². The third-order valence-corrected chi connectivity index (χ3v) is 7.75. The van der Waals surface area contributed by atoms with Crippen molar-refractivity contribution in [1.82, 2.24) is 4.98 Å². The van der Waals surface area contributed by atoms with Crippen molar-refractivity contribution in [2.75, 3.05) is 19.1 Å². The Hall–Kier alpha value is -3.40. The summed E-state index contributed by atoms with van der Waals surface area (Å²) in [4.78, 5) is 11.0. The van der Waals surface area contributed by atoms with Crippen LogP contribution in [0.2, 0.25) is 0 Å². The molecule has 1 heterocycles. The van der Waals surface area contributed by atoms with Gasteiger partial charge in [-0.25, -0.2) is 4.98 Å². The minimum absolute atomic E-state index is 0.112. The number of para-hydroxylation sites is 1. The van der Waals surface area contributed by atoms with E-state index in [1.165, 1.54) is 23.1 Å². The Morgan fingerprint density at radius 1 is 1.02 bits per heavy atom. The van der Waals surface area contributed by atoms with Gasteiger partial charge in [0.25, 0.3) is 0 Å². The molecule has 1 unspecified atom stereocenters. The van der Waals surface area contributed by atoms with Crippen LogP contribution in [0.1, 0.15) is 54.5 Å². The van der Waals surface area contributed by atoms with Gasteiger partial charge in [0.1, 0.15) is 5.75 Å². The maximum atomic E-state index is 11.7. The zero-order valence-corrected chi connectivity index (χ0v) is 26.4. The summed E-state index contributed by atoms with van der Waals surface area (Å²) in [5.74, 6) is -0.154. The number of nitrogens with two attached hydrogens (primary N) is 1. The molecule has 0 bridgehead atoms. The Balaban J connectivity index is 1.51. The number of benzene rings is 2. The smallest absolute Gasteiger partial charge is 0.306 e. The highest BCUT2D eigenvalue weighted by molar-refractivity contribution is 7.86. The Bertz CT molecular complexity index is 1600. The molecule has 3 N–H and O–H groups in total. The number of oxime groups is 1. The molecule has 0 amide bonds. The largest absolute Gasteiger partial charge is 0.494 e. The van der Waals surface area contributed by atoms with E-state index >= 15 is 0 Å². The van der Waals surface area contributed by atoms with Crippen LogP contribution < -0.4 is 18.8 Å². The van der Waals surface area contributed by atoms with Gasteiger partial charge in [0.05, 0.1) is 35.4 Å². The van der Waals surface area contributed by atoms with Gasteiger partial charge in [-0.1, -0.05) is 25.1 Å². The first-order valence-corrected chi connectivity index (χ1v) is 17.4. The molecular formula is C27H35N3O9S3. The molecule has 2 aromatic carbocycles. The maximum absolute atomic E-state index is 11.7. The van der Waals surface area contributed by atoms with Gasteiger partial charge in [0, 0.05) is 16.9 Å². The molecule has 0 saturated carbocycles. The number of aliphatic hydroxyl groups excluding tert-OH is 1. The topological polar surface area (TPSA) is 177 Å². The summed E-state index contributed by atoms with van der Waals surface area (Å²) >= 11 is 1.71. The SMILES string of the molecule is Cc1nc(-c2ccc(OCCCCC(O)O/N=C(\N)c3cccc(OS(C)(=O)=O)c3OS(C)(=O)=O)cc2)c(C(C)C)s1. The second-order valence-corrected chi connectivity index (χ2v) is 14.1. The van der Waals surface area contributed by atoms with E-state index in [0.717, 1.165) is 34.5 Å². The van der Waals surface area contributed by atoms with Gasteiger partial charge in [-0.05, 0) is 62.1 Å². The van der Waals surface area contributed by atoms with Crippen LogP contribution in [-0.4, -0.2) is 58.2 Å². The quantitative estimate of drug-likeness (QED) is 0.0609. The van der Waals surface area contributed by atoms with Crippen LogP contribution in [0, 0.1) is 6.92 Å². The fraction of sp³-hybridized carbons (Fsp3) is 0.407. The number of nitrogens with zero attached hydrogens (tertiary/aromatic N) is 2. The predicted molar refractivity (Wildman–Crippen MR) is 161 cm³/mol. The normalized spacial score (nSPS) is 13.2. The minimum atomic E-state index is -4.09. The summed E-state index contributed by atoms with van der Waals surface area (Å²) in [6.07, 6.45) is 1.63. The summed E-state index contributed by atoms with van der Waals surface area (Å²) in [6.45, 7) is 6.74. The number of hydrogen-bond acceptors (Lipinski definition) is 12. The molecule has 230 valence electrons. The Morgan fingerprint density at radius 2 is 1.69 bits per heavy atom. The molecule has 0 aliphatic carbocycles. The molecule has 0 fully saturated rings. The lowest BCUT2D eigenvalue weighted by atomic mass is 10.1. The van der Waals surface area contributed by atoms with Gasteiger partial charge in [-0.15, -0.1) is 11.3 Å². The zero-order valence-electron chi connectivity index (χ0n) is 23.9. The summed E-state index contributed by atoms with van der Waals surface area (Å²) < 4.78 is 62.2. The van der Waals surface area contributed by atoms with E-state index in [0.29, 0.717) is 25.4 Å². The first kappa shape index (κ1) is 33.1. The first-order valence-electron chi connectivity index (χ1n) is 12.9. The number of amidine groups is 1. The van der Waals surface area contributed by atoms with Crippen molar-refractivity contribution in [2.24, 2.45) is 10.9 Å². The van der Waals surface area contributed by atoms with Crippen molar-refractivity contribution in [2.45, 2.75) is 52.2 Å². The van der Waals surface area contributed by atoms with E-state index in [4.69, 9.17) is 23.7 Å². The molecule has 0 aliphatic heterocycles. The fourth-order valence-corrected chi connectivity index (χ4v) is 5.65. The molecule has 0 radical (unpaired) electrons. The highest BCUT2D eigenvalue weighted by Crippen LogP contribution is 2.35. The average Bonchev–Trinajstić information content (AvgIpc) is 3.29. The van der Waals surface area contributed by atoms with Crippen molar-refractivity contribution >= 4 is 37.4 Å². The third-order valence-electron chi connectivity index (χ3n) is 5.53. The summed E-state index contributed by atoms with van der Waals surface area (Å²) in [7, 11) is -8.10. The lowest BCUT2D eigenvalue weighted by Gasteiger charge is -2.14. The molecular weight excluding hydrogens is 607 g/mol. The number of rotatable bonds is 15. The van der Waals surface area contributed by atoms with Crippen molar-refractivity contribution in [3.8, 4) is 28.5 Å². The summed E-state index contributed by atoms with van der Waals surface area (Å²) in [5, 5.41) is 14.8. The van der Waals surface area contributed by atoms with E-state index in [9.17, 15) is 21.9 Å². The van der Waals surface area contributed by atoms with E-state index in [1.807, 2.05) is 31.2 Å². The molecule has 15 heteroatoms. The minimum Gasteiger partial charge on any atom is -0.494 e. The van der Waals surface area contributed by atoms with Crippen LogP contribution >= 0.6 is 11.3 Å². The van der Waals surface area contributed by atoms with Crippen LogP contribution in [0.3, 0.4) is 0 Å². The van der Waals surface area contributed by atoms with Crippen molar-refractivity contribution in [1.29, 1.82) is 0 Å². The van der Waals surface area contributed by atoms with Gasteiger partial charge in [-0.3, -0.25) is 0 Å². The second kappa shape index (κ2) is 14.2. The van der Waals surface area contributed by atoms with Crippen LogP contribution in [0.4, 0.5) is 0 Å². The number of aryl methyl sites for hydroxylation is 1. The molecule has 1 aromatic heterocycles. The van der Waals surface area contributed by atoms with E-state index in [1.54, 1.807) is 11.3 Å². The number of unbranched alkanes of at least 4 members (excludes halogenated alkanes) is 1. The zero-order chi connectivity index (χ0) is 31.1. The van der Waals surface area contributed by atoms with Crippen LogP contribution in [0.15, 0.2) is 47.6 Å². The van der Waals surface area contributed by atoms with Crippen molar-refractivity contribution in [3.05, 3.63) is 57.9 Å².